The Morgan fingerprint density at radius 1 is 1.30 bits per heavy atom. The van der Waals surface area contributed by atoms with Gasteiger partial charge in [0.2, 0.25) is 0 Å². The fourth-order valence-electron chi connectivity index (χ4n) is 1.69. The summed E-state index contributed by atoms with van der Waals surface area (Å²) in [6.07, 6.45) is 0. The molecule has 5 nitrogen and oxygen atoms in total. The van der Waals surface area contributed by atoms with Crippen LogP contribution in [-0.2, 0) is 6.61 Å². The van der Waals surface area contributed by atoms with Crippen LogP contribution in [0.2, 0.25) is 0 Å². The Morgan fingerprint density at radius 2 is 2.05 bits per heavy atom. The summed E-state index contributed by atoms with van der Waals surface area (Å²) in [4.78, 5) is 10.2. The highest BCUT2D eigenvalue weighted by atomic mass is 19.1. The van der Waals surface area contributed by atoms with Gasteiger partial charge in [-0.25, -0.2) is 4.39 Å². The van der Waals surface area contributed by atoms with Crippen LogP contribution in [0.4, 0.5) is 10.1 Å². The molecule has 0 aromatic heterocycles. The first-order valence-electron chi connectivity index (χ1n) is 5.66. The second-order valence-corrected chi connectivity index (χ2v) is 3.93. The Balaban J connectivity index is 2.25. The Labute approximate surface area is 114 Å². The summed E-state index contributed by atoms with van der Waals surface area (Å²) in [5, 5.41) is 19.7. The van der Waals surface area contributed by atoms with E-state index in [1.807, 2.05) is 6.07 Å². The van der Waals surface area contributed by atoms with E-state index in [4.69, 9.17) is 10.00 Å². The lowest BCUT2D eigenvalue weighted by Gasteiger charge is -2.08. The molecule has 0 amide bonds. The number of hydrogen-bond donors (Lipinski definition) is 0. The first kappa shape index (κ1) is 13.5. The average Bonchev–Trinajstić information content (AvgIpc) is 2.45. The summed E-state index contributed by atoms with van der Waals surface area (Å²) >= 11 is 0. The van der Waals surface area contributed by atoms with Gasteiger partial charge in [0.05, 0.1) is 16.1 Å². The molecule has 0 radical (unpaired) electrons. The van der Waals surface area contributed by atoms with E-state index in [9.17, 15) is 14.5 Å². The third-order valence-electron chi connectivity index (χ3n) is 2.63. The van der Waals surface area contributed by atoms with E-state index in [0.29, 0.717) is 11.3 Å². The van der Waals surface area contributed by atoms with Gasteiger partial charge < -0.3 is 4.74 Å². The van der Waals surface area contributed by atoms with Crippen molar-refractivity contribution in [3.8, 4) is 11.8 Å². The van der Waals surface area contributed by atoms with Crippen LogP contribution < -0.4 is 4.74 Å². The van der Waals surface area contributed by atoms with Crippen molar-refractivity contribution in [3.63, 3.8) is 0 Å². The summed E-state index contributed by atoms with van der Waals surface area (Å²) in [6.45, 7) is -0.188. The molecule has 0 fully saturated rings. The van der Waals surface area contributed by atoms with Gasteiger partial charge in [0.25, 0.3) is 5.69 Å². The molecule has 6 heteroatoms. The molecule has 0 bridgehead atoms. The number of para-hydroxylation sites is 1. The monoisotopic (exact) mass is 272 g/mol. The van der Waals surface area contributed by atoms with Crippen LogP contribution in [0.3, 0.4) is 0 Å². The normalized spacial score (nSPS) is 9.80. The zero-order chi connectivity index (χ0) is 14.5. The largest absolute Gasteiger partial charge is 0.487 e. The van der Waals surface area contributed by atoms with Crippen molar-refractivity contribution >= 4 is 5.69 Å². The lowest BCUT2D eigenvalue weighted by molar-refractivity contribution is -0.385. The maximum Gasteiger partial charge on any atom is 0.276 e. The maximum atomic E-state index is 13.2. The third-order valence-corrected chi connectivity index (χ3v) is 2.63. The second kappa shape index (κ2) is 5.80. The van der Waals surface area contributed by atoms with Gasteiger partial charge in [0, 0.05) is 6.07 Å². The van der Waals surface area contributed by atoms with Crippen LogP contribution in [0.5, 0.6) is 5.75 Å². The summed E-state index contributed by atoms with van der Waals surface area (Å²) in [5.74, 6) is -0.281. The third kappa shape index (κ3) is 2.90. The van der Waals surface area contributed by atoms with Crippen molar-refractivity contribution in [2.24, 2.45) is 0 Å². The highest BCUT2D eigenvalue weighted by Gasteiger charge is 2.15. The van der Waals surface area contributed by atoms with Crippen LogP contribution in [0.15, 0.2) is 42.5 Å². The zero-order valence-corrected chi connectivity index (χ0v) is 10.2. The van der Waals surface area contributed by atoms with E-state index in [2.05, 4.69) is 0 Å². The molecule has 0 saturated heterocycles. The summed E-state index contributed by atoms with van der Waals surface area (Å²) < 4.78 is 18.5. The van der Waals surface area contributed by atoms with E-state index in [1.165, 1.54) is 0 Å². The highest BCUT2D eigenvalue weighted by molar-refractivity contribution is 5.44. The molecule has 100 valence electrons. The number of nitriles is 1. The van der Waals surface area contributed by atoms with Crippen LogP contribution >= 0.6 is 0 Å². The molecular formula is C14H9FN2O3. The lowest BCUT2D eigenvalue weighted by atomic mass is 10.2. The van der Waals surface area contributed by atoms with Crippen molar-refractivity contribution in [2.75, 3.05) is 0 Å². The van der Waals surface area contributed by atoms with Crippen LogP contribution in [0, 0.1) is 27.3 Å². The number of hydrogen-bond acceptors (Lipinski definition) is 4. The summed E-state index contributed by atoms with van der Waals surface area (Å²) in [5.41, 5.74) is 0.204. The van der Waals surface area contributed by atoms with Gasteiger partial charge in [-0.05, 0) is 24.3 Å². The summed E-state index contributed by atoms with van der Waals surface area (Å²) in [6, 6.07) is 11.6. The molecule has 0 atom stereocenters. The first-order valence-corrected chi connectivity index (χ1v) is 5.66. The Bertz CT molecular complexity index is 695. The van der Waals surface area contributed by atoms with Crippen molar-refractivity contribution in [3.05, 3.63) is 69.5 Å². The fourth-order valence-corrected chi connectivity index (χ4v) is 1.69. The average molecular weight is 272 g/mol. The van der Waals surface area contributed by atoms with Gasteiger partial charge in [0.1, 0.15) is 24.2 Å². The number of nitrogens with zero attached hydrogens (tertiary/aromatic N) is 2. The van der Waals surface area contributed by atoms with Gasteiger partial charge in [-0.3, -0.25) is 10.1 Å². The number of halogens is 1. The SMILES string of the molecule is N#Cc1ccccc1OCc1cc(F)ccc1[N+](=O)[O-]. The minimum absolute atomic E-state index is 0.114. The Hall–Kier alpha value is -2.94. The van der Waals surface area contributed by atoms with Crippen LogP contribution in [0.1, 0.15) is 11.1 Å². The van der Waals surface area contributed by atoms with Crippen molar-refractivity contribution in [1.29, 1.82) is 5.26 Å². The molecule has 0 unspecified atom stereocenters. The van der Waals surface area contributed by atoms with Crippen molar-refractivity contribution in [1.82, 2.24) is 0 Å². The topological polar surface area (TPSA) is 76.2 Å². The molecule has 20 heavy (non-hydrogen) atoms. The van der Waals surface area contributed by atoms with E-state index in [-0.39, 0.29) is 17.9 Å². The Kier molecular flexibility index (Phi) is 3.91. The molecule has 0 aliphatic carbocycles. The van der Waals surface area contributed by atoms with Gasteiger partial charge >= 0.3 is 0 Å². The molecule has 2 aromatic carbocycles. The quantitative estimate of drug-likeness (QED) is 0.632. The molecule has 0 aliphatic heterocycles. The molecule has 0 aliphatic rings. The maximum absolute atomic E-state index is 13.2. The molecule has 0 N–H and O–H groups in total. The first-order chi connectivity index (χ1) is 9.61. The predicted molar refractivity (Wildman–Crippen MR) is 68.5 cm³/mol. The zero-order valence-electron chi connectivity index (χ0n) is 10.2. The highest BCUT2D eigenvalue weighted by Crippen LogP contribution is 2.23. The molecule has 0 spiro atoms. The van der Waals surface area contributed by atoms with Gasteiger partial charge in [0.15, 0.2) is 0 Å². The number of nitro groups is 1. The molecule has 2 rings (SSSR count). The van der Waals surface area contributed by atoms with E-state index in [0.717, 1.165) is 18.2 Å². The number of rotatable bonds is 4. The van der Waals surface area contributed by atoms with Crippen LogP contribution in [0.25, 0.3) is 0 Å². The number of nitro benzene ring substituents is 1. The van der Waals surface area contributed by atoms with Gasteiger partial charge in [-0.2, -0.15) is 5.26 Å². The lowest BCUT2D eigenvalue weighted by Crippen LogP contribution is -2.02. The number of benzene rings is 2. The van der Waals surface area contributed by atoms with E-state index >= 15 is 0 Å². The summed E-state index contributed by atoms with van der Waals surface area (Å²) in [7, 11) is 0. The van der Waals surface area contributed by atoms with Gasteiger partial charge in [-0.15, -0.1) is 0 Å². The van der Waals surface area contributed by atoms with Crippen molar-refractivity contribution in [2.45, 2.75) is 6.61 Å². The minimum atomic E-state index is -0.603. The Morgan fingerprint density at radius 3 is 2.75 bits per heavy atom. The molecule has 0 saturated carbocycles. The molecule has 2 aromatic rings. The van der Waals surface area contributed by atoms with Crippen molar-refractivity contribution < 1.29 is 14.1 Å². The molecule has 0 heterocycles. The van der Waals surface area contributed by atoms with Crippen LogP contribution in [-0.4, -0.2) is 4.92 Å². The van der Waals surface area contributed by atoms with E-state index < -0.39 is 10.7 Å². The molecular weight excluding hydrogens is 263 g/mol. The minimum Gasteiger partial charge on any atom is -0.487 e. The fraction of sp³-hybridized carbons (Fsp3) is 0.0714. The van der Waals surface area contributed by atoms with Gasteiger partial charge in [-0.1, -0.05) is 12.1 Å². The smallest absolute Gasteiger partial charge is 0.276 e. The second-order valence-electron chi connectivity index (χ2n) is 3.93. The van der Waals surface area contributed by atoms with E-state index in [1.54, 1.807) is 24.3 Å². The standard InChI is InChI=1S/C14H9FN2O3/c15-12-5-6-13(17(18)19)11(7-12)9-20-14-4-2-1-3-10(14)8-16/h1-7H,9H2. The number of ether oxygens (including phenoxy) is 1. The predicted octanol–water partition coefficient (Wildman–Crippen LogP) is 3.18.